The van der Waals surface area contributed by atoms with Crippen molar-refractivity contribution in [2.45, 2.75) is 0 Å². The summed E-state index contributed by atoms with van der Waals surface area (Å²) in [5.74, 6) is 0. The SMILES string of the molecule is c1ccc2c(c1)[nH]c1ccc(-c3ccnnn3)cc12. The van der Waals surface area contributed by atoms with Gasteiger partial charge in [-0.25, -0.2) is 0 Å². The Hall–Kier alpha value is -2.75. The first kappa shape index (κ1) is 10.2. The van der Waals surface area contributed by atoms with Crippen LogP contribution in [-0.4, -0.2) is 20.4 Å². The van der Waals surface area contributed by atoms with E-state index in [1.165, 1.54) is 10.8 Å². The fourth-order valence-corrected chi connectivity index (χ4v) is 2.40. The third-order valence-corrected chi connectivity index (χ3v) is 3.31. The molecule has 90 valence electrons. The summed E-state index contributed by atoms with van der Waals surface area (Å²) >= 11 is 0. The molecule has 4 aromatic rings. The second kappa shape index (κ2) is 3.88. The molecular formula is C15H10N4. The number of H-pyrrole nitrogens is 1. The summed E-state index contributed by atoms with van der Waals surface area (Å²) in [6.07, 6.45) is 1.65. The molecule has 0 radical (unpaired) electrons. The summed E-state index contributed by atoms with van der Waals surface area (Å²) in [5, 5.41) is 13.9. The molecule has 4 heteroatoms. The largest absolute Gasteiger partial charge is 0.355 e. The molecule has 0 fully saturated rings. The fraction of sp³-hybridized carbons (Fsp3) is 0. The van der Waals surface area contributed by atoms with Crippen LogP contribution in [-0.2, 0) is 0 Å². The Morgan fingerprint density at radius 3 is 2.63 bits per heavy atom. The zero-order valence-corrected chi connectivity index (χ0v) is 10.0. The summed E-state index contributed by atoms with van der Waals surface area (Å²) in [5.41, 5.74) is 4.16. The van der Waals surface area contributed by atoms with Gasteiger partial charge in [0.05, 0.1) is 11.9 Å². The van der Waals surface area contributed by atoms with Gasteiger partial charge in [0, 0.05) is 27.4 Å². The van der Waals surface area contributed by atoms with Gasteiger partial charge >= 0.3 is 0 Å². The molecule has 4 rings (SSSR count). The number of hydrogen-bond donors (Lipinski definition) is 1. The van der Waals surface area contributed by atoms with Crippen LogP contribution in [0.4, 0.5) is 0 Å². The lowest BCUT2D eigenvalue weighted by atomic mass is 10.1. The molecule has 4 nitrogen and oxygen atoms in total. The average Bonchev–Trinajstić information content (AvgIpc) is 2.86. The monoisotopic (exact) mass is 246 g/mol. The van der Waals surface area contributed by atoms with Gasteiger partial charge in [-0.2, -0.15) is 0 Å². The van der Waals surface area contributed by atoms with E-state index in [4.69, 9.17) is 0 Å². The van der Waals surface area contributed by atoms with Crippen LogP contribution < -0.4 is 0 Å². The summed E-state index contributed by atoms with van der Waals surface area (Å²) in [4.78, 5) is 3.41. The first-order valence-corrected chi connectivity index (χ1v) is 6.07. The Bertz CT molecular complexity index is 865. The number of nitrogens with one attached hydrogen (secondary N) is 1. The first-order valence-electron chi connectivity index (χ1n) is 6.07. The van der Waals surface area contributed by atoms with Gasteiger partial charge in [-0.15, -0.1) is 10.2 Å². The molecule has 2 heterocycles. The van der Waals surface area contributed by atoms with E-state index in [9.17, 15) is 0 Å². The van der Waals surface area contributed by atoms with Gasteiger partial charge in [-0.05, 0) is 29.5 Å². The van der Waals surface area contributed by atoms with Crippen LogP contribution in [0, 0.1) is 0 Å². The van der Waals surface area contributed by atoms with Crippen LogP contribution >= 0.6 is 0 Å². The van der Waals surface area contributed by atoms with Crippen molar-refractivity contribution in [3.63, 3.8) is 0 Å². The molecule has 19 heavy (non-hydrogen) atoms. The van der Waals surface area contributed by atoms with Crippen LogP contribution in [0.1, 0.15) is 0 Å². The smallest absolute Gasteiger partial charge is 0.0963 e. The van der Waals surface area contributed by atoms with E-state index in [0.29, 0.717) is 0 Å². The van der Waals surface area contributed by atoms with Crippen molar-refractivity contribution in [3.8, 4) is 11.3 Å². The lowest BCUT2D eigenvalue weighted by molar-refractivity contribution is 0.871. The normalized spacial score (nSPS) is 11.2. The quantitative estimate of drug-likeness (QED) is 0.561. The zero-order chi connectivity index (χ0) is 12.7. The van der Waals surface area contributed by atoms with Crippen molar-refractivity contribution in [2.75, 3.05) is 0 Å². The second-order valence-electron chi connectivity index (χ2n) is 4.44. The Morgan fingerprint density at radius 2 is 1.74 bits per heavy atom. The molecule has 0 aliphatic heterocycles. The van der Waals surface area contributed by atoms with Crippen molar-refractivity contribution < 1.29 is 0 Å². The maximum atomic E-state index is 4.05. The Morgan fingerprint density at radius 1 is 0.842 bits per heavy atom. The molecule has 0 aliphatic carbocycles. The van der Waals surface area contributed by atoms with E-state index in [-0.39, 0.29) is 0 Å². The van der Waals surface area contributed by atoms with Crippen molar-refractivity contribution in [1.29, 1.82) is 0 Å². The van der Waals surface area contributed by atoms with Gasteiger partial charge in [-0.3, -0.25) is 0 Å². The minimum absolute atomic E-state index is 0.835. The zero-order valence-electron chi connectivity index (χ0n) is 10.0. The highest BCUT2D eigenvalue weighted by atomic mass is 15.3. The van der Waals surface area contributed by atoms with Crippen molar-refractivity contribution in [3.05, 3.63) is 54.7 Å². The maximum Gasteiger partial charge on any atom is 0.0963 e. The number of aromatic amines is 1. The molecule has 2 aromatic carbocycles. The van der Waals surface area contributed by atoms with Crippen molar-refractivity contribution in [1.82, 2.24) is 20.4 Å². The number of fused-ring (bicyclic) bond motifs is 3. The molecule has 0 spiro atoms. The summed E-state index contributed by atoms with van der Waals surface area (Å²) in [6.45, 7) is 0. The maximum absolute atomic E-state index is 4.05. The second-order valence-corrected chi connectivity index (χ2v) is 4.44. The minimum atomic E-state index is 0.835. The fourth-order valence-electron chi connectivity index (χ4n) is 2.40. The minimum Gasteiger partial charge on any atom is -0.355 e. The van der Waals surface area contributed by atoms with E-state index in [1.807, 2.05) is 18.2 Å². The van der Waals surface area contributed by atoms with E-state index < -0.39 is 0 Å². The standard InChI is InChI=1S/C15H10N4/c1-2-4-14-11(3-1)12-9-10(5-6-15(12)17-14)13-7-8-16-19-18-13/h1-9,17H. The number of benzene rings is 2. The van der Waals surface area contributed by atoms with Crippen molar-refractivity contribution in [2.24, 2.45) is 0 Å². The molecule has 0 saturated heterocycles. The van der Waals surface area contributed by atoms with Crippen molar-refractivity contribution >= 4 is 21.8 Å². The molecular weight excluding hydrogens is 236 g/mol. The molecule has 0 aliphatic rings. The van der Waals surface area contributed by atoms with E-state index in [0.717, 1.165) is 22.3 Å². The lowest BCUT2D eigenvalue weighted by Gasteiger charge is -1.99. The molecule has 0 atom stereocenters. The predicted octanol–water partition coefficient (Wildman–Crippen LogP) is 3.17. The van der Waals surface area contributed by atoms with E-state index in [2.05, 4.69) is 50.7 Å². The van der Waals surface area contributed by atoms with Gasteiger partial charge in [-0.1, -0.05) is 24.3 Å². The third-order valence-electron chi connectivity index (χ3n) is 3.31. The number of nitrogens with zero attached hydrogens (tertiary/aromatic N) is 3. The van der Waals surface area contributed by atoms with Gasteiger partial charge in [0.15, 0.2) is 0 Å². The summed E-state index contributed by atoms with van der Waals surface area (Å²) in [6, 6.07) is 16.4. The molecule has 2 aromatic heterocycles. The average molecular weight is 246 g/mol. The van der Waals surface area contributed by atoms with Crippen LogP contribution in [0.5, 0.6) is 0 Å². The summed E-state index contributed by atoms with van der Waals surface area (Å²) in [7, 11) is 0. The van der Waals surface area contributed by atoms with Crippen LogP contribution in [0.2, 0.25) is 0 Å². The first-order chi connectivity index (χ1) is 9.42. The predicted molar refractivity (Wildman–Crippen MR) is 74.6 cm³/mol. The Balaban J connectivity index is 2.03. The number of rotatable bonds is 1. The molecule has 0 amide bonds. The highest BCUT2D eigenvalue weighted by Gasteiger charge is 2.06. The van der Waals surface area contributed by atoms with E-state index in [1.54, 1.807) is 6.20 Å². The molecule has 0 saturated carbocycles. The highest BCUT2D eigenvalue weighted by molar-refractivity contribution is 6.08. The Kier molecular flexibility index (Phi) is 2.08. The molecule has 0 unspecified atom stereocenters. The number of para-hydroxylation sites is 1. The van der Waals surface area contributed by atoms with E-state index >= 15 is 0 Å². The third kappa shape index (κ3) is 1.57. The number of aromatic nitrogens is 4. The van der Waals surface area contributed by atoms with Gasteiger partial charge in [0.2, 0.25) is 0 Å². The highest BCUT2D eigenvalue weighted by Crippen LogP contribution is 2.28. The summed E-state index contributed by atoms with van der Waals surface area (Å²) < 4.78 is 0. The molecule has 1 N–H and O–H groups in total. The van der Waals surface area contributed by atoms with Crippen LogP contribution in [0.15, 0.2) is 54.7 Å². The Labute approximate surface area is 109 Å². The van der Waals surface area contributed by atoms with Gasteiger partial charge in [0.25, 0.3) is 0 Å². The number of hydrogen-bond acceptors (Lipinski definition) is 3. The van der Waals surface area contributed by atoms with Gasteiger partial charge in [0.1, 0.15) is 0 Å². The lowest BCUT2D eigenvalue weighted by Crippen LogP contribution is -1.88. The van der Waals surface area contributed by atoms with Crippen LogP contribution in [0.25, 0.3) is 33.1 Å². The van der Waals surface area contributed by atoms with Crippen LogP contribution in [0.3, 0.4) is 0 Å². The van der Waals surface area contributed by atoms with Gasteiger partial charge < -0.3 is 4.98 Å². The topological polar surface area (TPSA) is 54.5 Å². The molecule has 0 bridgehead atoms.